The number of halogens is 1. The lowest BCUT2D eigenvalue weighted by Crippen LogP contribution is -2.28. The second-order valence-corrected chi connectivity index (χ2v) is 10.2. The number of thioether (sulfide) groups is 1. The number of nitrogens with two attached hydrogens (primary N) is 2. The molecule has 0 fully saturated rings. The Balaban J connectivity index is 1.58. The van der Waals surface area contributed by atoms with Crippen molar-refractivity contribution < 1.29 is 9.59 Å². The largest absolute Gasteiger partial charge is 0.368 e. The number of nitrogens with one attached hydrogen (secondary N) is 1. The fourth-order valence-corrected chi connectivity index (χ4v) is 6.61. The quantitative estimate of drug-likeness (QED) is 0.389. The van der Waals surface area contributed by atoms with Gasteiger partial charge in [0.2, 0.25) is 11.9 Å². The number of thiophene rings is 1. The van der Waals surface area contributed by atoms with Gasteiger partial charge in [-0.3, -0.25) is 14.2 Å². The smallest absolute Gasteiger partial charge is 0.251 e. The zero-order valence-corrected chi connectivity index (χ0v) is 20.5. The van der Waals surface area contributed by atoms with Crippen LogP contribution in [0.25, 0.3) is 0 Å². The Morgan fingerprint density at radius 1 is 1.27 bits per heavy atom. The van der Waals surface area contributed by atoms with Crippen molar-refractivity contribution in [3.63, 3.8) is 0 Å². The molecule has 1 aromatic carbocycles. The van der Waals surface area contributed by atoms with Gasteiger partial charge in [0.15, 0.2) is 5.16 Å². The van der Waals surface area contributed by atoms with Crippen molar-refractivity contribution in [3.8, 4) is 0 Å². The summed E-state index contributed by atoms with van der Waals surface area (Å²) in [4.78, 5) is 26.6. The molecule has 174 valence electrons. The number of carbonyl (C=O) groups is 2. The molecule has 1 atom stereocenters. The summed E-state index contributed by atoms with van der Waals surface area (Å²) in [6, 6.07) is 6.91. The first-order valence-electron chi connectivity index (χ1n) is 10.7. The lowest BCUT2D eigenvalue weighted by atomic mass is 9.95. The average Bonchev–Trinajstić information content (AvgIpc) is 3.34. The van der Waals surface area contributed by atoms with Crippen LogP contribution in [-0.2, 0) is 23.4 Å². The number of benzene rings is 1. The summed E-state index contributed by atoms with van der Waals surface area (Å²) in [6.07, 6.45) is 4.25. The van der Waals surface area contributed by atoms with E-state index in [4.69, 9.17) is 23.1 Å². The molecule has 1 aliphatic rings. The Kier molecular flexibility index (Phi) is 7.26. The van der Waals surface area contributed by atoms with E-state index < -0.39 is 11.9 Å². The van der Waals surface area contributed by atoms with Gasteiger partial charge in [0.05, 0.1) is 5.56 Å². The number of aryl methyl sites for hydroxylation is 1. The Morgan fingerprint density at radius 3 is 2.76 bits per heavy atom. The Morgan fingerprint density at radius 2 is 2.03 bits per heavy atom. The molecule has 11 heteroatoms. The van der Waals surface area contributed by atoms with E-state index in [1.165, 1.54) is 23.1 Å². The van der Waals surface area contributed by atoms with Crippen molar-refractivity contribution in [2.24, 2.45) is 5.73 Å². The number of rotatable bonds is 8. The molecule has 33 heavy (non-hydrogen) atoms. The van der Waals surface area contributed by atoms with Gasteiger partial charge in [-0.05, 0) is 49.3 Å². The highest BCUT2D eigenvalue weighted by Gasteiger charge is 2.29. The highest BCUT2D eigenvalue weighted by atomic mass is 35.5. The molecule has 0 aliphatic heterocycles. The standard InChI is InChI=1S/C22H25ClN6O2S2/c1-2-15(19(31)26-20-17(18(24)30)13-8-4-6-10-16(13)33-20)29-21(25)27-28-22(29)32-11-12-7-3-5-9-14(12)23/h3,5,7,9,15H,2,4,6,8,10-11H2,1H3,(H2,24,30)(H2,25,27)(H,26,31). The summed E-state index contributed by atoms with van der Waals surface area (Å²) in [5.74, 6) is -0.0965. The highest BCUT2D eigenvalue weighted by Crippen LogP contribution is 2.38. The van der Waals surface area contributed by atoms with Gasteiger partial charge in [-0.25, -0.2) is 0 Å². The molecule has 1 unspecified atom stereocenters. The number of aromatic nitrogens is 3. The maximum atomic E-state index is 13.3. The fourth-order valence-electron chi connectivity index (χ4n) is 4.03. The first kappa shape index (κ1) is 23.6. The van der Waals surface area contributed by atoms with Crippen molar-refractivity contribution in [2.45, 2.75) is 56.0 Å². The molecule has 0 spiro atoms. The number of primary amides is 1. The highest BCUT2D eigenvalue weighted by molar-refractivity contribution is 7.98. The van der Waals surface area contributed by atoms with Crippen molar-refractivity contribution in [2.75, 3.05) is 11.1 Å². The lowest BCUT2D eigenvalue weighted by Gasteiger charge is -2.19. The van der Waals surface area contributed by atoms with Gasteiger partial charge < -0.3 is 16.8 Å². The first-order chi connectivity index (χ1) is 15.9. The van der Waals surface area contributed by atoms with E-state index in [1.54, 1.807) is 4.57 Å². The molecule has 3 aromatic rings. The number of nitrogens with zero attached hydrogens (tertiary/aromatic N) is 3. The monoisotopic (exact) mass is 504 g/mol. The van der Waals surface area contributed by atoms with Gasteiger partial charge >= 0.3 is 0 Å². The summed E-state index contributed by atoms with van der Waals surface area (Å²) in [6.45, 7) is 1.89. The van der Waals surface area contributed by atoms with Crippen LogP contribution in [0, 0.1) is 0 Å². The number of fused-ring (bicyclic) bond motifs is 1. The Labute approximate surface area is 205 Å². The number of carbonyl (C=O) groups excluding carboxylic acids is 2. The molecule has 0 saturated carbocycles. The van der Waals surface area contributed by atoms with Crippen LogP contribution >= 0.6 is 34.7 Å². The van der Waals surface area contributed by atoms with E-state index in [0.29, 0.717) is 32.9 Å². The van der Waals surface area contributed by atoms with Crippen LogP contribution < -0.4 is 16.8 Å². The predicted molar refractivity (Wildman–Crippen MR) is 133 cm³/mol. The van der Waals surface area contributed by atoms with Crippen LogP contribution in [0.15, 0.2) is 29.4 Å². The van der Waals surface area contributed by atoms with Crippen LogP contribution in [0.3, 0.4) is 0 Å². The third-order valence-corrected chi connectivity index (χ3v) is 8.23. The topological polar surface area (TPSA) is 129 Å². The summed E-state index contributed by atoms with van der Waals surface area (Å²) in [7, 11) is 0. The number of hydrogen-bond donors (Lipinski definition) is 3. The third kappa shape index (κ3) is 4.87. The summed E-state index contributed by atoms with van der Waals surface area (Å²) in [5, 5.41) is 12.8. The molecule has 1 aliphatic carbocycles. The van der Waals surface area contributed by atoms with Gasteiger partial charge in [-0.1, -0.05) is 48.5 Å². The molecule has 0 saturated heterocycles. The van der Waals surface area contributed by atoms with E-state index in [2.05, 4.69) is 15.5 Å². The van der Waals surface area contributed by atoms with Crippen molar-refractivity contribution >= 4 is 57.5 Å². The first-order valence-corrected chi connectivity index (χ1v) is 12.9. The number of nitrogen functional groups attached to an aromatic ring is 1. The SMILES string of the molecule is CCC(C(=O)Nc1sc2c(c1C(N)=O)CCCC2)n1c(N)nnc1SCc1ccccc1Cl. The predicted octanol–water partition coefficient (Wildman–Crippen LogP) is 4.44. The van der Waals surface area contributed by atoms with Gasteiger partial charge in [0, 0.05) is 15.7 Å². The third-order valence-electron chi connectivity index (χ3n) is 5.66. The van der Waals surface area contributed by atoms with Crippen LogP contribution in [0.1, 0.15) is 58.6 Å². The maximum absolute atomic E-state index is 13.3. The van der Waals surface area contributed by atoms with E-state index in [1.807, 2.05) is 31.2 Å². The van der Waals surface area contributed by atoms with Gasteiger partial charge in [0.25, 0.3) is 5.91 Å². The fraction of sp³-hybridized carbons (Fsp3) is 0.364. The minimum Gasteiger partial charge on any atom is -0.368 e. The summed E-state index contributed by atoms with van der Waals surface area (Å²) >= 11 is 9.11. The Bertz CT molecular complexity index is 1190. The minimum absolute atomic E-state index is 0.152. The second-order valence-electron chi connectivity index (χ2n) is 7.78. The van der Waals surface area contributed by atoms with Crippen molar-refractivity contribution in [1.29, 1.82) is 0 Å². The van der Waals surface area contributed by atoms with Gasteiger partial charge in [-0.2, -0.15) is 0 Å². The van der Waals surface area contributed by atoms with E-state index in [9.17, 15) is 9.59 Å². The average molecular weight is 505 g/mol. The van der Waals surface area contributed by atoms with Crippen LogP contribution in [0.5, 0.6) is 0 Å². The Hall–Kier alpha value is -2.56. The van der Waals surface area contributed by atoms with Gasteiger partial charge in [0.1, 0.15) is 11.0 Å². The maximum Gasteiger partial charge on any atom is 0.251 e. The zero-order chi connectivity index (χ0) is 23.5. The molecule has 4 rings (SSSR count). The summed E-state index contributed by atoms with van der Waals surface area (Å²) < 4.78 is 1.63. The lowest BCUT2D eigenvalue weighted by molar-refractivity contribution is -0.119. The molecule has 0 bridgehead atoms. The van der Waals surface area contributed by atoms with E-state index >= 15 is 0 Å². The number of anilines is 2. The van der Waals surface area contributed by atoms with E-state index in [-0.39, 0.29) is 11.9 Å². The van der Waals surface area contributed by atoms with Crippen molar-refractivity contribution in [1.82, 2.24) is 14.8 Å². The molecule has 0 radical (unpaired) electrons. The molecular weight excluding hydrogens is 480 g/mol. The molecule has 2 aromatic heterocycles. The number of amides is 2. The van der Waals surface area contributed by atoms with E-state index in [0.717, 1.165) is 41.7 Å². The second kappa shape index (κ2) is 10.1. The summed E-state index contributed by atoms with van der Waals surface area (Å²) in [5.41, 5.74) is 14.1. The number of hydrogen-bond acceptors (Lipinski definition) is 7. The van der Waals surface area contributed by atoms with Gasteiger partial charge in [-0.15, -0.1) is 21.5 Å². The molecule has 8 nitrogen and oxygen atoms in total. The van der Waals surface area contributed by atoms with Crippen LogP contribution in [0.2, 0.25) is 5.02 Å². The van der Waals surface area contributed by atoms with Crippen LogP contribution in [0.4, 0.5) is 10.9 Å². The molecule has 5 N–H and O–H groups in total. The van der Waals surface area contributed by atoms with Crippen molar-refractivity contribution in [3.05, 3.63) is 50.9 Å². The molecule has 2 amide bonds. The minimum atomic E-state index is -0.645. The molecule has 2 heterocycles. The van der Waals surface area contributed by atoms with Crippen LogP contribution in [-0.4, -0.2) is 26.6 Å². The zero-order valence-electron chi connectivity index (χ0n) is 18.1. The molecular formula is C22H25ClN6O2S2. The normalized spacial score (nSPS) is 14.0.